The monoisotopic (exact) mass is 477 g/mol. The van der Waals surface area contributed by atoms with E-state index in [1.165, 1.54) is 30.2 Å². The van der Waals surface area contributed by atoms with Crippen LogP contribution in [0.4, 0.5) is 10.2 Å². The summed E-state index contributed by atoms with van der Waals surface area (Å²) < 4.78 is 19.0. The van der Waals surface area contributed by atoms with Gasteiger partial charge < -0.3 is 14.5 Å². The molecule has 3 aromatic heterocycles. The number of fused-ring (bicyclic) bond motifs is 3. The predicted molar refractivity (Wildman–Crippen MR) is 127 cm³/mol. The topological polar surface area (TPSA) is 90.5 Å². The standard InChI is InChI=1S/C24H24FN7OS/c1-13(2)32-12-26-30-22(32)24-29-20(11-34-24)28-23(33)16-9-19-15(8-17(16)25)4-3-5-21-27-18(10-31(19)21)14-6-7-14/h8-14H,3-7H2,1-2H3,(H,28,33). The molecule has 0 spiro atoms. The summed E-state index contributed by atoms with van der Waals surface area (Å²) in [5.74, 6) is 1.45. The number of halogens is 1. The Bertz CT molecular complexity index is 1400. The number of thiazole rings is 1. The summed E-state index contributed by atoms with van der Waals surface area (Å²) in [6.45, 7) is 4.06. The van der Waals surface area contributed by atoms with Gasteiger partial charge in [-0.15, -0.1) is 21.5 Å². The van der Waals surface area contributed by atoms with Crippen molar-refractivity contribution >= 4 is 23.1 Å². The molecule has 4 heterocycles. The molecule has 0 radical (unpaired) electrons. The van der Waals surface area contributed by atoms with Crippen LogP contribution in [0, 0.1) is 5.82 Å². The van der Waals surface area contributed by atoms with E-state index in [0.29, 0.717) is 22.6 Å². The SMILES string of the molecule is CC(C)n1cnnc1-c1nc(NC(=O)c2cc3c(cc2F)CCCc2nc(C4CC4)cn2-3)cs1. The molecule has 1 N–H and O–H groups in total. The smallest absolute Gasteiger partial charge is 0.259 e. The van der Waals surface area contributed by atoms with Gasteiger partial charge in [-0.05, 0) is 57.2 Å². The summed E-state index contributed by atoms with van der Waals surface area (Å²) in [5.41, 5.74) is 2.83. The maximum Gasteiger partial charge on any atom is 0.259 e. The summed E-state index contributed by atoms with van der Waals surface area (Å²) >= 11 is 1.35. The molecule has 6 rings (SSSR count). The van der Waals surface area contributed by atoms with Crippen molar-refractivity contribution in [1.29, 1.82) is 0 Å². The fourth-order valence-corrected chi connectivity index (χ4v) is 5.17. The number of imidazole rings is 1. The van der Waals surface area contributed by atoms with Crippen molar-refractivity contribution in [2.24, 2.45) is 0 Å². The second-order valence-electron chi connectivity index (χ2n) is 9.19. The lowest BCUT2D eigenvalue weighted by Gasteiger charge is -2.12. The average Bonchev–Trinajstić information content (AvgIpc) is 3.20. The Hall–Kier alpha value is -3.40. The zero-order valence-corrected chi connectivity index (χ0v) is 19.8. The molecule has 0 atom stereocenters. The molecule has 8 nitrogen and oxygen atoms in total. The molecular formula is C24H24FN7OS. The van der Waals surface area contributed by atoms with E-state index in [9.17, 15) is 4.79 Å². The summed E-state index contributed by atoms with van der Waals surface area (Å²) in [4.78, 5) is 22.4. The van der Waals surface area contributed by atoms with Gasteiger partial charge in [0.15, 0.2) is 10.8 Å². The maximum atomic E-state index is 15.0. The molecule has 0 bridgehead atoms. The predicted octanol–water partition coefficient (Wildman–Crippen LogP) is 4.93. The average molecular weight is 478 g/mol. The van der Waals surface area contributed by atoms with Gasteiger partial charge in [-0.2, -0.15) is 0 Å². The summed E-state index contributed by atoms with van der Waals surface area (Å²) in [7, 11) is 0. The Kier molecular flexibility index (Phi) is 5.05. The van der Waals surface area contributed by atoms with Crippen LogP contribution in [0.3, 0.4) is 0 Å². The molecule has 2 aliphatic rings. The first kappa shape index (κ1) is 21.2. The third kappa shape index (κ3) is 3.71. The molecule has 4 aromatic rings. The van der Waals surface area contributed by atoms with E-state index in [4.69, 9.17) is 4.98 Å². The van der Waals surface area contributed by atoms with Crippen LogP contribution in [-0.4, -0.2) is 35.2 Å². The van der Waals surface area contributed by atoms with Gasteiger partial charge >= 0.3 is 0 Å². The summed E-state index contributed by atoms with van der Waals surface area (Å²) in [5, 5.41) is 13.2. The number of carbonyl (C=O) groups is 1. The van der Waals surface area contributed by atoms with Crippen LogP contribution >= 0.6 is 11.3 Å². The van der Waals surface area contributed by atoms with E-state index in [-0.39, 0.29) is 11.6 Å². The van der Waals surface area contributed by atoms with Gasteiger partial charge in [0.05, 0.1) is 16.9 Å². The van der Waals surface area contributed by atoms with Gasteiger partial charge in [-0.3, -0.25) is 4.79 Å². The van der Waals surface area contributed by atoms with Gasteiger partial charge in [-0.25, -0.2) is 14.4 Å². The molecule has 1 fully saturated rings. The van der Waals surface area contributed by atoms with Crippen LogP contribution < -0.4 is 5.32 Å². The zero-order chi connectivity index (χ0) is 23.4. The first-order chi connectivity index (χ1) is 16.5. The van der Waals surface area contributed by atoms with E-state index in [0.717, 1.165) is 42.0 Å². The Morgan fingerprint density at radius 1 is 1.24 bits per heavy atom. The highest BCUT2D eigenvalue weighted by molar-refractivity contribution is 7.13. The largest absolute Gasteiger partial charge is 0.309 e. The van der Waals surface area contributed by atoms with Crippen LogP contribution in [0.15, 0.2) is 30.0 Å². The lowest BCUT2D eigenvalue weighted by Crippen LogP contribution is -2.15. The van der Waals surface area contributed by atoms with Gasteiger partial charge in [0, 0.05) is 30.0 Å². The van der Waals surface area contributed by atoms with Crippen molar-refractivity contribution < 1.29 is 9.18 Å². The second kappa shape index (κ2) is 8.12. The number of rotatable bonds is 5. The summed E-state index contributed by atoms with van der Waals surface area (Å²) in [6.07, 6.45) is 8.56. The Labute approximate surface area is 199 Å². The van der Waals surface area contributed by atoms with Gasteiger partial charge in [0.1, 0.15) is 23.8 Å². The molecule has 0 saturated heterocycles. The number of carbonyl (C=O) groups excluding carboxylic acids is 1. The van der Waals surface area contributed by atoms with E-state index in [1.807, 2.05) is 23.0 Å². The third-order valence-corrected chi connectivity index (χ3v) is 7.22. The van der Waals surface area contributed by atoms with Crippen molar-refractivity contribution in [2.75, 3.05) is 5.32 Å². The quantitative estimate of drug-likeness (QED) is 0.440. The highest BCUT2D eigenvalue weighted by atomic mass is 32.1. The molecule has 0 unspecified atom stereocenters. The minimum Gasteiger partial charge on any atom is -0.309 e. The Morgan fingerprint density at radius 2 is 2.09 bits per heavy atom. The van der Waals surface area contributed by atoms with Gasteiger partial charge in [-0.1, -0.05) is 0 Å². The second-order valence-corrected chi connectivity index (χ2v) is 10.0. The van der Waals surface area contributed by atoms with Crippen molar-refractivity contribution in [3.8, 4) is 16.5 Å². The number of anilines is 1. The molecule has 1 amide bonds. The fourth-order valence-electron chi connectivity index (χ4n) is 4.43. The summed E-state index contributed by atoms with van der Waals surface area (Å²) in [6, 6.07) is 3.32. The van der Waals surface area contributed by atoms with Gasteiger partial charge in [0.25, 0.3) is 5.91 Å². The van der Waals surface area contributed by atoms with Crippen molar-refractivity contribution in [2.45, 2.75) is 57.9 Å². The first-order valence-electron chi connectivity index (χ1n) is 11.6. The molecule has 34 heavy (non-hydrogen) atoms. The van der Waals surface area contributed by atoms with Crippen molar-refractivity contribution in [3.05, 3.63) is 58.5 Å². The number of hydrogen-bond acceptors (Lipinski definition) is 6. The van der Waals surface area contributed by atoms with E-state index in [2.05, 4.69) is 26.7 Å². The van der Waals surface area contributed by atoms with E-state index >= 15 is 4.39 Å². The highest BCUT2D eigenvalue weighted by Crippen LogP contribution is 2.40. The fraction of sp³-hybridized carbons (Fsp3) is 0.375. The molecule has 1 aliphatic heterocycles. The van der Waals surface area contributed by atoms with Crippen LogP contribution in [0.5, 0.6) is 0 Å². The zero-order valence-electron chi connectivity index (χ0n) is 19.0. The number of aromatic nitrogens is 6. The third-order valence-electron chi connectivity index (χ3n) is 6.38. The minimum absolute atomic E-state index is 0.00632. The van der Waals surface area contributed by atoms with Crippen LogP contribution in [0.1, 0.15) is 72.5 Å². The highest BCUT2D eigenvalue weighted by Gasteiger charge is 2.29. The number of benzene rings is 1. The number of nitrogens with one attached hydrogen (secondary N) is 1. The van der Waals surface area contributed by atoms with Gasteiger partial charge in [0.2, 0.25) is 0 Å². The maximum absolute atomic E-state index is 15.0. The molecular weight excluding hydrogens is 453 g/mol. The number of hydrogen-bond donors (Lipinski definition) is 1. The lowest BCUT2D eigenvalue weighted by atomic mass is 10.0. The van der Waals surface area contributed by atoms with Crippen LogP contribution in [-0.2, 0) is 12.8 Å². The first-order valence-corrected chi connectivity index (χ1v) is 12.4. The Morgan fingerprint density at radius 3 is 2.88 bits per heavy atom. The van der Waals surface area contributed by atoms with Crippen molar-refractivity contribution in [3.63, 3.8) is 0 Å². The Balaban J connectivity index is 1.30. The number of aryl methyl sites for hydroxylation is 2. The minimum atomic E-state index is -0.532. The number of amides is 1. The van der Waals surface area contributed by atoms with Crippen LogP contribution in [0.25, 0.3) is 16.5 Å². The van der Waals surface area contributed by atoms with Crippen molar-refractivity contribution in [1.82, 2.24) is 29.3 Å². The van der Waals surface area contributed by atoms with Crippen LogP contribution in [0.2, 0.25) is 0 Å². The molecule has 174 valence electrons. The normalized spacial score (nSPS) is 15.2. The molecule has 10 heteroatoms. The van der Waals surface area contributed by atoms with E-state index < -0.39 is 11.7 Å². The van der Waals surface area contributed by atoms with E-state index in [1.54, 1.807) is 17.8 Å². The molecule has 1 saturated carbocycles. The molecule has 1 aliphatic carbocycles. The molecule has 1 aromatic carbocycles. The lowest BCUT2D eigenvalue weighted by molar-refractivity contribution is 0.102. The number of nitrogens with zero attached hydrogens (tertiary/aromatic N) is 6.